The van der Waals surface area contributed by atoms with E-state index in [4.69, 9.17) is 0 Å². The first-order valence-electron chi connectivity index (χ1n) is 10.1. The lowest BCUT2D eigenvalue weighted by atomic mass is 9.97. The number of carbonyl (C=O) groups is 3. The highest BCUT2D eigenvalue weighted by atomic mass is 16.2. The zero-order valence-corrected chi connectivity index (χ0v) is 16.9. The maximum absolute atomic E-state index is 13.0. The first-order valence-corrected chi connectivity index (χ1v) is 10.1. The molecule has 2 aromatic carbocycles. The van der Waals surface area contributed by atoms with Gasteiger partial charge in [-0.15, -0.1) is 0 Å². The predicted molar refractivity (Wildman–Crippen MR) is 114 cm³/mol. The van der Waals surface area contributed by atoms with Gasteiger partial charge in [-0.05, 0) is 42.7 Å². The Hall–Kier alpha value is -3.15. The van der Waals surface area contributed by atoms with E-state index < -0.39 is 6.04 Å². The zero-order chi connectivity index (χ0) is 20.8. The van der Waals surface area contributed by atoms with Gasteiger partial charge in [0.05, 0.1) is 0 Å². The van der Waals surface area contributed by atoms with Crippen molar-refractivity contribution in [3.63, 3.8) is 0 Å². The van der Waals surface area contributed by atoms with Gasteiger partial charge in [-0.25, -0.2) is 0 Å². The lowest BCUT2D eigenvalue weighted by Gasteiger charge is -2.24. The van der Waals surface area contributed by atoms with Crippen LogP contribution in [0.2, 0.25) is 0 Å². The van der Waals surface area contributed by atoms with Gasteiger partial charge in [0.25, 0.3) is 5.91 Å². The summed E-state index contributed by atoms with van der Waals surface area (Å²) in [5.74, 6) is -0.483. The Labute approximate surface area is 171 Å². The molecule has 3 rings (SSSR count). The van der Waals surface area contributed by atoms with Crippen LogP contribution >= 0.6 is 0 Å². The zero-order valence-electron chi connectivity index (χ0n) is 16.9. The number of nitrogens with zero attached hydrogens (tertiary/aromatic N) is 1. The van der Waals surface area contributed by atoms with Gasteiger partial charge >= 0.3 is 0 Å². The second-order valence-electron chi connectivity index (χ2n) is 7.39. The second kappa shape index (κ2) is 9.37. The maximum Gasteiger partial charge on any atom is 0.251 e. The minimum Gasteiger partial charge on any atom is -0.340 e. The van der Waals surface area contributed by atoms with Gasteiger partial charge in [-0.1, -0.05) is 44.5 Å². The summed E-state index contributed by atoms with van der Waals surface area (Å²) in [6, 6.07) is 15.5. The standard InChI is InChI=1S/C23H27N3O3/c1-3-16(2)21(25-22(28)17-9-5-4-6-10-17)23(29)24-18-11-7-12-19(15-18)26-14-8-13-20(26)27/h4-7,9-12,15-16,21H,3,8,13-14H2,1-2H3,(H,24,29)(H,25,28). The highest BCUT2D eigenvalue weighted by molar-refractivity contribution is 6.02. The molecule has 29 heavy (non-hydrogen) atoms. The smallest absolute Gasteiger partial charge is 0.251 e. The summed E-state index contributed by atoms with van der Waals surface area (Å²) in [4.78, 5) is 39.3. The predicted octanol–water partition coefficient (Wildman–Crippen LogP) is 3.60. The monoisotopic (exact) mass is 393 g/mol. The van der Waals surface area contributed by atoms with Crippen molar-refractivity contribution >= 4 is 29.1 Å². The molecule has 1 aliphatic rings. The van der Waals surface area contributed by atoms with E-state index in [0.29, 0.717) is 24.2 Å². The SMILES string of the molecule is CCC(C)C(NC(=O)c1ccccc1)C(=O)Nc1cccc(N2CCCC2=O)c1. The summed E-state index contributed by atoms with van der Waals surface area (Å²) < 4.78 is 0. The van der Waals surface area contributed by atoms with E-state index in [1.54, 1.807) is 41.3 Å². The molecule has 3 amide bonds. The molecule has 0 spiro atoms. The molecule has 6 heteroatoms. The molecule has 0 saturated carbocycles. The van der Waals surface area contributed by atoms with Gasteiger partial charge < -0.3 is 15.5 Å². The molecular formula is C23H27N3O3. The number of carbonyl (C=O) groups excluding carboxylic acids is 3. The number of rotatable bonds is 7. The van der Waals surface area contributed by atoms with Gasteiger partial charge in [0, 0.05) is 29.9 Å². The Morgan fingerprint density at radius 2 is 1.86 bits per heavy atom. The molecule has 6 nitrogen and oxygen atoms in total. The highest BCUT2D eigenvalue weighted by Crippen LogP contribution is 2.24. The van der Waals surface area contributed by atoms with Crippen LogP contribution in [0.25, 0.3) is 0 Å². The summed E-state index contributed by atoms with van der Waals surface area (Å²) in [6.45, 7) is 4.62. The average molecular weight is 393 g/mol. The number of amides is 3. The number of benzene rings is 2. The van der Waals surface area contributed by atoms with Crippen LogP contribution in [0.5, 0.6) is 0 Å². The lowest BCUT2D eigenvalue weighted by Crippen LogP contribution is -2.47. The van der Waals surface area contributed by atoms with Crippen LogP contribution in [0.4, 0.5) is 11.4 Å². The summed E-state index contributed by atoms with van der Waals surface area (Å²) in [7, 11) is 0. The van der Waals surface area contributed by atoms with Crippen LogP contribution in [0.1, 0.15) is 43.5 Å². The molecule has 0 bridgehead atoms. The number of nitrogens with one attached hydrogen (secondary N) is 2. The normalized spacial score (nSPS) is 15.7. The van der Waals surface area contributed by atoms with E-state index in [1.165, 1.54) is 0 Å². The van der Waals surface area contributed by atoms with Crippen molar-refractivity contribution in [3.8, 4) is 0 Å². The fraction of sp³-hybridized carbons (Fsp3) is 0.348. The Kier molecular flexibility index (Phi) is 6.65. The Bertz CT molecular complexity index is 882. The van der Waals surface area contributed by atoms with Crippen molar-refractivity contribution in [2.45, 2.75) is 39.2 Å². The van der Waals surface area contributed by atoms with Crippen LogP contribution < -0.4 is 15.5 Å². The Balaban J connectivity index is 1.73. The molecule has 2 N–H and O–H groups in total. The molecule has 1 aliphatic heterocycles. The van der Waals surface area contributed by atoms with Gasteiger partial charge in [-0.3, -0.25) is 14.4 Å². The van der Waals surface area contributed by atoms with Crippen LogP contribution in [0.15, 0.2) is 54.6 Å². The van der Waals surface area contributed by atoms with Crippen molar-refractivity contribution < 1.29 is 14.4 Å². The van der Waals surface area contributed by atoms with E-state index in [-0.39, 0.29) is 23.6 Å². The summed E-state index contributed by atoms with van der Waals surface area (Å²) in [5, 5.41) is 5.77. The quantitative estimate of drug-likeness (QED) is 0.754. The lowest BCUT2D eigenvalue weighted by molar-refractivity contribution is -0.119. The minimum atomic E-state index is -0.662. The maximum atomic E-state index is 13.0. The number of hydrogen-bond donors (Lipinski definition) is 2. The topological polar surface area (TPSA) is 78.5 Å². The van der Waals surface area contributed by atoms with E-state index in [9.17, 15) is 14.4 Å². The molecule has 1 fully saturated rings. The van der Waals surface area contributed by atoms with Gasteiger partial charge in [0.15, 0.2) is 0 Å². The van der Waals surface area contributed by atoms with Crippen LogP contribution in [0, 0.1) is 5.92 Å². The third-order valence-corrected chi connectivity index (χ3v) is 5.32. The summed E-state index contributed by atoms with van der Waals surface area (Å²) in [6.07, 6.45) is 2.14. The largest absolute Gasteiger partial charge is 0.340 e. The molecule has 2 unspecified atom stereocenters. The molecule has 2 atom stereocenters. The third-order valence-electron chi connectivity index (χ3n) is 5.32. The first-order chi connectivity index (χ1) is 14.0. The second-order valence-corrected chi connectivity index (χ2v) is 7.39. The van der Waals surface area contributed by atoms with Crippen LogP contribution in [-0.4, -0.2) is 30.3 Å². The minimum absolute atomic E-state index is 0.0361. The number of anilines is 2. The molecule has 2 aromatic rings. The van der Waals surface area contributed by atoms with Crippen molar-refractivity contribution in [1.82, 2.24) is 5.32 Å². The Morgan fingerprint density at radius 1 is 1.10 bits per heavy atom. The number of hydrogen-bond acceptors (Lipinski definition) is 3. The fourth-order valence-electron chi connectivity index (χ4n) is 3.41. The third kappa shape index (κ3) is 5.02. The molecular weight excluding hydrogens is 366 g/mol. The average Bonchev–Trinajstić information content (AvgIpc) is 3.18. The van der Waals surface area contributed by atoms with E-state index >= 15 is 0 Å². The first kappa shape index (κ1) is 20.6. The summed E-state index contributed by atoms with van der Waals surface area (Å²) in [5.41, 5.74) is 1.90. The van der Waals surface area contributed by atoms with Gasteiger partial charge in [0.2, 0.25) is 11.8 Å². The van der Waals surface area contributed by atoms with Gasteiger partial charge in [-0.2, -0.15) is 0 Å². The van der Waals surface area contributed by atoms with E-state index in [0.717, 1.165) is 18.5 Å². The molecule has 1 heterocycles. The van der Waals surface area contributed by atoms with Crippen molar-refractivity contribution in [2.24, 2.45) is 5.92 Å². The molecule has 0 aromatic heterocycles. The van der Waals surface area contributed by atoms with Gasteiger partial charge in [0.1, 0.15) is 6.04 Å². The Morgan fingerprint density at radius 3 is 2.52 bits per heavy atom. The van der Waals surface area contributed by atoms with Crippen molar-refractivity contribution in [1.29, 1.82) is 0 Å². The highest BCUT2D eigenvalue weighted by Gasteiger charge is 2.27. The fourth-order valence-corrected chi connectivity index (χ4v) is 3.41. The van der Waals surface area contributed by atoms with Crippen LogP contribution in [0.3, 0.4) is 0 Å². The van der Waals surface area contributed by atoms with E-state index in [2.05, 4.69) is 10.6 Å². The van der Waals surface area contributed by atoms with Crippen molar-refractivity contribution in [3.05, 3.63) is 60.2 Å². The summed E-state index contributed by atoms with van der Waals surface area (Å²) >= 11 is 0. The van der Waals surface area contributed by atoms with Crippen LogP contribution in [-0.2, 0) is 9.59 Å². The molecule has 1 saturated heterocycles. The van der Waals surface area contributed by atoms with E-state index in [1.807, 2.05) is 32.0 Å². The molecule has 152 valence electrons. The molecule has 0 aliphatic carbocycles. The molecule has 0 radical (unpaired) electrons. The van der Waals surface area contributed by atoms with Crippen molar-refractivity contribution in [2.75, 3.05) is 16.8 Å².